The zero-order chi connectivity index (χ0) is 15.6. The molecule has 5 heteroatoms. The minimum absolute atomic E-state index is 0.144. The summed E-state index contributed by atoms with van der Waals surface area (Å²) >= 11 is 18.9. The number of hydrogen-bond acceptors (Lipinski definition) is 2. The first kappa shape index (κ1) is 16.4. The van der Waals surface area contributed by atoms with Crippen LogP contribution in [0, 0.1) is 6.92 Å². The molecule has 0 aromatic heterocycles. The second-order valence-electron chi connectivity index (χ2n) is 4.75. The van der Waals surface area contributed by atoms with Gasteiger partial charge in [-0.2, -0.15) is 0 Å². The number of ether oxygens (including phenoxy) is 1. The summed E-state index contributed by atoms with van der Waals surface area (Å²) < 4.78 is 5.18. The molecule has 21 heavy (non-hydrogen) atoms. The summed E-state index contributed by atoms with van der Waals surface area (Å²) in [5.74, 6) is 0.551. The number of aryl methyl sites for hydroxylation is 1. The Bertz CT molecular complexity index is 658. The summed E-state index contributed by atoms with van der Waals surface area (Å²) in [5.41, 5.74) is 2.92. The van der Waals surface area contributed by atoms with Crippen LogP contribution >= 0.6 is 34.8 Å². The molecule has 0 heterocycles. The largest absolute Gasteiger partial charge is 0.495 e. The molecule has 2 nitrogen and oxygen atoms in total. The Morgan fingerprint density at radius 1 is 0.952 bits per heavy atom. The van der Waals surface area contributed by atoms with E-state index in [0.717, 1.165) is 16.7 Å². The van der Waals surface area contributed by atoms with E-state index in [4.69, 9.17) is 39.5 Å². The lowest BCUT2D eigenvalue weighted by atomic mass is 9.97. The van der Waals surface area contributed by atoms with E-state index in [0.29, 0.717) is 20.8 Å². The van der Waals surface area contributed by atoms with Crippen LogP contribution in [0.3, 0.4) is 0 Å². The van der Waals surface area contributed by atoms with E-state index in [1.807, 2.05) is 32.2 Å². The van der Waals surface area contributed by atoms with Crippen molar-refractivity contribution in [3.05, 3.63) is 62.1 Å². The highest BCUT2D eigenvalue weighted by Gasteiger charge is 2.20. The van der Waals surface area contributed by atoms with Crippen molar-refractivity contribution >= 4 is 34.8 Å². The smallest absolute Gasteiger partial charge is 0.138 e. The van der Waals surface area contributed by atoms with Crippen LogP contribution in [0.5, 0.6) is 5.75 Å². The predicted octanol–water partition coefficient (Wildman–Crippen LogP) is 5.27. The van der Waals surface area contributed by atoms with Gasteiger partial charge in [-0.1, -0.05) is 46.9 Å². The van der Waals surface area contributed by atoms with Crippen molar-refractivity contribution in [3.63, 3.8) is 0 Å². The Morgan fingerprint density at radius 2 is 1.62 bits per heavy atom. The topological polar surface area (TPSA) is 21.3 Å². The van der Waals surface area contributed by atoms with Crippen LogP contribution in [-0.2, 0) is 0 Å². The molecule has 1 N–H and O–H groups in total. The highest BCUT2D eigenvalue weighted by molar-refractivity contribution is 6.35. The molecule has 0 aliphatic carbocycles. The molecular weight excluding hydrogens is 329 g/mol. The Hall–Kier alpha value is -0.930. The van der Waals surface area contributed by atoms with Gasteiger partial charge in [-0.15, -0.1) is 0 Å². The molecule has 0 amide bonds. The molecule has 0 bridgehead atoms. The van der Waals surface area contributed by atoms with E-state index in [1.54, 1.807) is 19.2 Å². The van der Waals surface area contributed by atoms with E-state index in [2.05, 4.69) is 5.32 Å². The molecule has 2 aromatic rings. The molecule has 2 aromatic carbocycles. The van der Waals surface area contributed by atoms with Crippen LogP contribution in [0.4, 0.5) is 0 Å². The van der Waals surface area contributed by atoms with Gasteiger partial charge in [-0.25, -0.2) is 0 Å². The summed E-state index contributed by atoms with van der Waals surface area (Å²) in [7, 11) is 3.42. The van der Waals surface area contributed by atoms with Crippen molar-refractivity contribution in [2.45, 2.75) is 13.0 Å². The monoisotopic (exact) mass is 343 g/mol. The minimum atomic E-state index is -0.144. The van der Waals surface area contributed by atoms with Gasteiger partial charge < -0.3 is 10.1 Å². The first-order chi connectivity index (χ1) is 9.97. The molecule has 112 valence electrons. The number of methoxy groups -OCH3 is 1. The van der Waals surface area contributed by atoms with E-state index in [-0.39, 0.29) is 6.04 Å². The third-order valence-electron chi connectivity index (χ3n) is 3.34. The van der Waals surface area contributed by atoms with Crippen LogP contribution in [0.2, 0.25) is 15.1 Å². The highest BCUT2D eigenvalue weighted by atomic mass is 35.5. The fourth-order valence-corrected chi connectivity index (χ4v) is 3.12. The lowest BCUT2D eigenvalue weighted by molar-refractivity contribution is 0.415. The van der Waals surface area contributed by atoms with Gasteiger partial charge in [0.15, 0.2) is 0 Å². The van der Waals surface area contributed by atoms with Crippen molar-refractivity contribution in [3.8, 4) is 5.75 Å². The van der Waals surface area contributed by atoms with Gasteiger partial charge in [-0.3, -0.25) is 0 Å². The maximum Gasteiger partial charge on any atom is 0.138 e. The molecule has 0 radical (unpaired) electrons. The number of benzene rings is 2. The quantitative estimate of drug-likeness (QED) is 0.815. The van der Waals surface area contributed by atoms with Crippen LogP contribution in [0.1, 0.15) is 22.7 Å². The van der Waals surface area contributed by atoms with Gasteiger partial charge in [0, 0.05) is 16.1 Å². The van der Waals surface area contributed by atoms with E-state index in [1.165, 1.54) is 0 Å². The normalized spacial score (nSPS) is 12.3. The van der Waals surface area contributed by atoms with E-state index < -0.39 is 0 Å². The summed E-state index contributed by atoms with van der Waals surface area (Å²) in [5, 5.41) is 5.01. The second-order valence-corrected chi connectivity index (χ2v) is 5.98. The zero-order valence-corrected chi connectivity index (χ0v) is 14.3. The molecule has 0 saturated carbocycles. The van der Waals surface area contributed by atoms with Crippen molar-refractivity contribution in [1.82, 2.24) is 5.32 Å². The maximum atomic E-state index is 6.37. The summed E-state index contributed by atoms with van der Waals surface area (Å²) in [6.45, 7) is 2.00. The summed E-state index contributed by atoms with van der Waals surface area (Å²) in [6, 6.07) is 9.32. The Balaban J connectivity index is 2.53. The van der Waals surface area contributed by atoms with Gasteiger partial charge in [-0.05, 0) is 42.8 Å². The molecule has 0 saturated heterocycles. The lowest BCUT2D eigenvalue weighted by Crippen LogP contribution is -2.18. The molecule has 0 aliphatic rings. The molecular formula is C16H16Cl3NO. The average molecular weight is 345 g/mol. The van der Waals surface area contributed by atoms with Crippen LogP contribution < -0.4 is 10.1 Å². The van der Waals surface area contributed by atoms with E-state index >= 15 is 0 Å². The van der Waals surface area contributed by atoms with Crippen molar-refractivity contribution in [2.24, 2.45) is 0 Å². The molecule has 1 unspecified atom stereocenters. The van der Waals surface area contributed by atoms with Crippen molar-refractivity contribution in [2.75, 3.05) is 14.2 Å². The van der Waals surface area contributed by atoms with E-state index in [9.17, 15) is 0 Å². The second kappa shape index (κ2) is 6.89. The molecule has 0 spiro atoms. The number of halogens is 3. The average Bonchev–Trinajstić information content (AvgIpc) is 2.45. The number of hydrogen-bond donors (Lipinski definition) is 1. The minimum Gasteiger partial charge on any atom is -0.495 e. The standard InChI is InChI=1S/C16H16Cl3NO/c1-9-4-5-10(12(17)6-9)16(20-2)11-7-14(19)15(21-3)8-13(11)18/h4-8,16,20H,1-3H3. The molecule has 2 rings (SSSR count). The molecule has 1 atom stereocenters. The summed E-state index contributed by atoms with van der Waals surface area (Å²) in [6.07, 6.45) is 0. The van der Waals surface area contributed by atoms with Gasteiger partial charge in [0.1, 0.15) is 5.75 Å². The summed E-state index contributed by atoms with van der Waals surface area (Å²) in [4.78, 5) is 0. The Kier molecular flexibility index (Phi) is 5.39. The van der Waals surface area contributed by atoms with Gasteiger partial charge in [0.25, 0.3) is 0 Å². The van der Waals surface area contributed by atoms with Gasteiger partial charge >= 0.3 is 0 Å². The first-order valence-electron chi connectivity index (χ1n) is 6.44. The highest BCUT2D eigenvalue weighted by Crippen LogP contribution is 2.37. The number of nitrogens with one attached hydrogen (secondary N) is 1. The Morgan fingerprint density at radius 3 is 2.19 bits per heavy atom. The lowest BCUT2D eigenvalue weighted by Gasteiger charge is -2.21. The predicted molar refractivity (Wildman–Crippen MR) is 90.1 cm³/mol. The van der Waals surface area contributed by atoms with Crippen LogP contribution in [-0.4, -0.2) is 14.2 Å². The molecule has 0 fully saturated rings. The number of rotatable bonds is 4. The van der Waals surface area contributed by atoms with Gasteiger partial charge in [0.05, 0.1) is 18.2 Å². The third-order valence-corrected chi connectivity index (χ3v) is 4.29. The fraction of sp³-hybridized carbons (Fsp3) is 0.250. The maximum absolute atomic E-state index is 6.37. The van der Waals surface area contributed by atoms with Crippen LogP contribution in [0.15, 0.2) is 30.3 Å². The third kappa shape index (κ3) is 3.46. The van der Waals surface area contributed by atoms with Crippen molar-refractivity contribution in [1.29, 1.82) is 0 Å². The van der Waals surface area contributed by atoms with Crippen LogP contribution in [0.25, 0.3) is 0 Å². The fourth-order valence-electron chi connectivity index (χ4n) is 2.27. The molecule has 0 aliphatic heterocycles. The Labute approximate surface area is 140 Å². The SMILES string of the molecule is CNC(c1ccc(C)cc1Cl)c1cc(Cl)c(OC)cc1Cl. The first-order valence-corrected chi connectivity index (χ1v) is 7.57. The zero-order valence-electron chi connectivity index (χ0n) is 12.0. The van der Waals surface area contributed by atoms with Gasteiger partial charge in [0.2, 0.25) is 0 Å². The van der Waals surface area contributed by atoms with Crippen molar-refractivity contribution < 1.29 is 4.74 Å².